The Morgan fingerprint density at radius 3 is 2.52 bits per heavy atom. The van der Waals surface area contributed by atoms with Crippen LogP contribution in [-0.4, -0.2) is 40.5 Å². The lowest BCUT2D eigenvalue weighted by atomic mass is 10.1. The number of hydrogen-bond donors (Lipinski definition) is 2. The highest BCUT2D eigenvalue weighted by molar-refractivity contribution is 5.92. The van der Waals surface area contributed by atoms with Crippen molar-refractivity contribution < 1.29 is 14.7 Å². The van der Waals surface area contributed by atoms with Crippen molar-refractivity contribution in [3.63, 3.8) is 0 Å². The van der Waals surface area contributed by atoms with Gasteiger partial charge in [0, 0.05) is 11.7 Å². The normalized spacial score (nSPS) is 15.8. The molecular weight excluding hydrogens is 268 g/mol. The van der Waals surface area contributed by atoms with Crippen LogP contribution in [0.3, 0.4) is 0 Å². The van der Waals surface area contributed by atoms with Crippen molar-refractivity contribution >= 4 is 17.6 Å². The van der Waals surface area contributed by atoms with E-state index in [1.54, 1.807) is 11.8 Å². The topological polar surface area (TPSA) is 69.6 Å². The fraction of sp³-hybridized carbons (Fsp3) is 0.500. The third kappa shape index (κ3) is 4.04. The van der Waals surface area contributed by atoms with E-state index in [1.807, 2.05) is 32.0 Å². The molecule has 2 N–H and O–H groups in total. The molecule has 1 amide bonds. The minimum atomic E-state index is -0.888. The SMILES string of the molecule is Cc1ccc(NC(=O)CN(C2CC2)C(C)C(=O)O)cc1C. The Kier molecular flexibility index (Phi) is 4.63. The number of amides is 1. The van der Waals surface area contributed by atoms with Gasteiger partial charge in [-0.3, -0.25) is 14.5 Å². The van der Waals surface area contributed by atoms with Crippen molar-refractivity contribution in [3.8, 4) is 0 Å². The first kappa shape index (κ1) is 15.5. The number of aryl methyl sites for hydroxylation is 2. The lowest BCUT2D eigenvalue weighted by Gasteiger charge is -2.25. The monoisotopic (exact) mass is 290 g/mol. The third-order valence-corrected chi connectivity index (χ3v) is 3.99. The number of hydrogen-bond acceptors (Lipinski definition) is 3. The Balaban J connectivity index is 1.99. The maximum atomic E-state index is 12.1. The third-order valence-electron chi connectivity index (χ3n) is 3.99. The molecular formula is C16H22N2O3. The smallest absolute Gasteiger partial charge is 0.320 e. The van der Waals surface area contributed by atoms with Crippen molar-refractivity contribution in [1.29, 1.82) is 0 Å². The molecule has 1 aliphatic rings. The molecule has 0 aliphatic heterocycles. The average molecular weight is 290 g/mol. The molecule has 5 nitrogen and oxygen atoms in total. The summed E-state index contributed by atoms with van der Waals surface area (Å²) in [5, 5.41) is 12.0. The molecule has 114 valence electrons. The van der Waals surface area contributed by atoms with E-state index >= 15 is 0 Å². The van der Waals surface area contributed by atoms with E-state index in [4.69, 9.17) is 5.11 Å². The van der Waals surface area contributed by atoms with Crippen molar-refractivity contribution in [3.05, 3.63) is 29.3 Å². The first-order chi connectivity index (χ1) is 9.88. The predicted molar refractivity (Wildman–Crippen MR) is 81.4 cm³/mol. The van der Waals surface area contributed by atoms with Crippen molar-refractivity contribution in [2.75, 3.05) is 11.9 Å². The molecule has 1 aromatic rings. The number of rotatable bonds is 6. The molecule has 1 aromatic carbocycles. The van der Waals surface area contributed by atoms with Crippen molar-refractivity contribution in [2.24, 2.45) is 0 Å². The molecule has 0 saturated heterocycles. The first-order valence-electron chi connectivity index (χ1n) is 7.24. The first-order valence-corrected chi connectivity index (χ1v) is 7.24. The zero-order chi connectivity index (χ0) is 15.6. The van der Waals surface area contributed by atoms with Crippen molar-refractivity contribution in [1.82, 2.24) is 4.90 Å². The largest absolute Gasteiger partial charge is 0.480 e. The van der Waals surface area contributed by atoms with Crippen molar-refractivity contribution in [2.45, 2.75) is 45.7 Å². The number of aliphatic carboxylic acids is 1. The van der Waals surface area contributed by atoms with Gasteiger partial charge in [0.15, 0.2) is 0 Å². The molecule has 1 atom stereocenters. The standard InChI is InChI=1S/C16H22N2O3/c1-10-4-5-13(8-11(10)2)17-15(19)9-18(14-6-7-14)12(3)16(20)21/h4-5,8,12,14H,6-7,9H2,1-3H3,(H,17,19)(H,20,21). The lowest BCUT2D eigenvalue weighted by molar-refractivity contribution is -0.143. The van der Waals surface area contributed by atoms with E-state index in [0.717, 1.165) is 24.1 Å². The van der Waals surface area contributed by atoms with E-state index in [1.165, 1.54) is 5.56 Å². The van der Waals surface area contributed by atoms with Gasteiger partial charge in [0.2, 0.25) is 5.91 Å². The minimum absolute atomic E-state index is 0.116. The highest BCUT2D eigenvalue weighted by atomic mass is 16.4. The van der Waals surface area contributed by atoms with Crippen LogP contribution in [0.25, 0.3) is 0 Å². The van der Waals surface area contributed by atoms with Crippen LogP contribution < -0.4 is 5.32 Å². The summed E-state index contributed by atoms with van der Waals surface area (Å²) in [5.74, 6) is -1.06. The van der Waals surface area contributed by atoms with Crippen LogP contribution in [0.1, 0.15) is 30.9 Å². The maximum absolute atomic E-state index is 12.1. The number of carbonyl (C=O) groups excluding carboxylic acids is 1. The van der Waals surface area contributed by atoms with Gasteiger partial charge in [0.05, 0.1) is 6.54 Å². The second-order valence-electron chi connectivity index (χ2n) is 5.76. The van der Waals surface area contributed by atoms with Gasteiger partial charge in [0.25, 0.3) is 0 Å². The zero-order valence-corrected chi connectivity index (χ0v) is 12.7. The van der Waals surface area contributed by atoms with Gasteiger partial charge in [-0.2, -0.15) is 0 Å². The number of anilines is 1. The van der Waals surface area contributed by atoms with Gasteiger partial charge in [-0.15, -0.1) is 0 Å². The Labute approximate surface area is 125 Å². The molecule has 5 heteroatoms. The summed E-state index contributed by atoms with van der Waals surface area (Å²) >= 11 is 0. The summed E-state index contributed by atoms with van der Waals surface area (Å²) in [6.07, 6.45) is 1.93. The van der Waals surface area contributed by atoms with E-state index in [-0.39, 0.29) is 18.5 Å². The Hall–Kier alpha value is -1.88. The number of benzene rings is 1. The van der Waals surface area contributed by atoms with Crippen LogP contribution in [0.4, 0.5) is 5.69 Å². The molecule has 2 rings (SSSR count). The van der Waals surface area contributed by atoms with E-state index < -0.39 is 12.0 Å². The molecule has 0 spiro atoms. The summed E-state index contributed by atoms with van der Waals surface area (Å²) in [6, 6.07) is 5.34. The summed E-state index contributed by atoms with van der Waals surface area (Å²) in [7, 11) is 0. The Morgan fingerprint density at radius 1 is 1.33 bits per heavy atom. The van der Waals surface area contributed by atoms with Gasteiger partial charge >= 0.3 is 5.97 Å². The number of nitrogens with one attached hydrogen (secondary N) is 1. The highest BCUT2D eigenvalue weighted by Crippen LogP contribution is 2.28. The van der Waals surface area contributed by atoms with Crippen LogP contribution in [0.2, 0.25) is 0 Å². The van der Waals surface area contributed by atoms with Crippen LogP contribution in [-0.2, 0) is 9.59 Å². The van der Waals surface area contributed by atoms with E-state index in [2.05, 4.69) is 5.32 Å². The van der Waals surface area contributed by atoms with Gasteiger partial charge in [0.1, 0.15) is 6.04 Å². The fourth-order valence-corrected chi connectivity index (χ4v) is 2.32. The molecule has 0 aromatic heterocycles. The Morgan fingerprint density at radius 2 is 2.00 bits per heavy atom. The number of carboxylic acid groups (broad SMARTS) is 1. The van der Waals surface area contributed by atoms with Gasteiger partial charge in [-0.05, 0) is 56.9 Å². The van der Waals surface area contributed by atoms with Gasteiger partial charge < -0.3 is 10.4 Å². The zero-order valence-electron chi connectivity index (χ0n) is 12.7. The van der Waals surface area contributed by atoms with Gasteiger partial charge in [-0.25, -0.2) is 0 Å². The fourth-order valence-electron chi connectivity index (χ4n) is 2.32. The lowest BCUT2D eigenvalue weighted by Crippen LogP contribution is -2.44. The van der Waals surface area contributed by atoms with Crippen LogP contribution in [0.5, 0.6) is 0 Å². The van der Waals surface area contributed by atoms with Crippen LogP contribution in [0.15, 0.2) is 18.2 Å². The second kappa shape index (κ2) is 6.26. The molecule has 1 unspecified atom stereocenters. The molecule has 1 aliphatic carbocycles. The van der Waals surface area contributed by atoms with Gasteiger partial charge in [-0.1, -0.05) is 6.07 Å². The Bertz CT molecular complexity index is 552. The van der Waals surface area contributed by atoms with Crippen LogP contribution >= 0.6 is 0 Å². The molecule has 0 heterocycles. The summed E-state index contributed by atoms with van der Waals surface area (Å²) in [4.78, 5) is 25.0. The average Bonchev–Trinajstić information content (AvgIpc) is 3.24. The summed E-state index contributed by atoms with van der Waals surface area (Å²) < 4.78 is 0. The summed E-state index contributed by atoms with van der Waals surface area (Å²) in [5.41, 5.74) is 3.04. The van der Waals surface area contributed by atoms with E-state index in [0.29, 0.717) is 0 Å². The second-order valence-corrected chi connectivity index (χ2v) is 5.76. The van der Waals surface area contributed by atoms with Crippen LogP contribution in [0, 0.1) is 13.8 Å². The quantitative estimate of drug-likeness (QED) is 0.842. The molecule has 0 bridgehead atoms. The van der Waals surface area contributed by atoms with E-state index in [9.17, 15) is 9.59 Å². The number of nitrogens with zero attached hydrogens (tertiary/aromatic N) is 1. The summed E-state index contributed by atoms with van der Waals surface area (Å²) in [6.45, 7) is 5.76. The number of carboxylic acids is 1. The molecule has 0 radical (unpaired) electrons. The molecule has 1 fully saturated rings. The molecule has 1 saturated carbocycles. The maximum Gasteiger partial charge on any atom is 0.320 e. The number of carbonyl (C=O) groups is 2. The predicted octanol–water partition coefficient (Wildman–Crippen LogP) is 2.18. The highest BCUT2D eigenvalue weighted by Gasteiger charge is 2.36. The molecule has 21 heavy (non-hydrogen) atoms. The minimum Gasteiger partial charge on any atom is -0.480 e.